The molecule has 6 nitrogen and oxygen atoms in total. The van der Waals surface area contributed by atoms with E-state index in [1.807, 2.05) is 0 Å². The Labute approximate surface area is 73.0 Å². The van der Waals surface area contributed by atoms with E-state index >= 15 is 0 Å². The Hall–Kier alpha value is -0.310. The predicted octanol–water partition coefficient (Wildman–Crippen LogP) is -2.31. The third kappa shape index (κ3) is 1.80. The maximum atomic E-state index is 11.8. The molecule has 4 N–H and O–H groups in total. The molecule has 1 saturated heterocycles. The summed E-state index contributed by atoms with van der Waals surface area (Å²) in [6.07, 6.45) is -4.84. The highest BCUT2D eigenvalue weighted by Crippen LogP contribution is 2.25. The highest BCUT2D eigenvalue weighted by atomic mass is 19.3. The fourth-order valence-corrected chi connectivity index (χ4v) is 1.12. The number of hydrogen-bond acceptors (Lipinski definition) is 6. The second-order valence-electron chi connectivity index (χ2n) is 2.88. The second-order valence-corrected chi connectivity index (χ2v) is 2.88. The van der Waals surface area contributed by atoms with E-state index in [4.69, 9.17) is 10.2 Å². The third-order valence-electron chi connectivity index (χ3n) is 1.99. The molecule has 0 amide bonds. The average Bonchev–Trinajstić information content (AvgIpc) is 2.13. The van der Waals surface area contributed by atoms with E-state index in [9.17, 15) is 14.7 Å². The minimum Gasteiger partial charge on any atom is -0.391 e. The first-order valence-corrected chi connectivity index (χ1v) is 3.66. The molecule has 0 saturated carbocycles. The summed E-state index contributed by atoms with van der Waals surface area (Å²) < 4.78 is 16.3. The average molecular weight is 198 g/mol. The Morgan fingerprint density at radius 3 is 2.62 bits per heavy atom. The number of halogens is 1. The number of hydrogen-bond donors (Lipinski definition) is 4. The lowest BCUT2D eigenvalue weighted by atomic mass is 9.97. The van der Waals surface area contributed by atoms with Crippen LogP contribution in [0.1, 0.15) is 0 Å². The minimum absolute atomic E-state index is 0.428. The van der Waals surface area contributed by atoms with E-state index < -0.39 is 37.3 Å². The lowest BCUT2D eigenvalue weighted by molar-refractivity contribution is -0.363. The standard InChI is InChI=1S/C6H11FO6/c7-13-4-3(9)1-12-6(11,2-8)5(4)10/h3-5,8-11H,1-2H2/t3-,4+,5+,6?/m1/s1. The van der Waals surface area contributed by atoms with Crippen LogP contribution in [-0.2, 0) is 9.68 Å². The normalized spacial score (nSPS) is 46.4. The van der Waals surface area contributed by atoms with Crippen LogP contribution in [0.5, 0.6) is 0 Å². The summed E-state index contributed by atoms with van der Waals surface area (Å²) in [7, 11) is 0. The summed E-state index contributed by atoms with van der Waals surface area (Å²) in [4.78, 5) is 3.26. The van der Waals surface area contributed by atoms with Crippen molar-refractivity contribution in [3.05, 3.63) is 0 Å². The molecule has 1 rings (SSSR count). The van der Waals surface area contributed by atoms with Crippen LogP contribution in [0.2, 0.25) is 0 Å². The predicted molar refractivity (Wildman–Crippen MR) is 36.0 cm³/mol. The molecule has 13 heavy (non-hydrogen) atoms. The Morgan fingerprint density at radius 2 is 2.15 bits per heavy atom. The van der Waals surface area contributed by atoms with Gasteiger partial charge in [-0.3, -0.25) is 0 Å². The third-order valence-corrected chi connectivity index (χ3v) is 1.99. The maximum Gasteiger partial charge on any atom is 0.218 e. The highest BCUT2D eigenvalue weighted by molar-refractivity contribution is 4.91. The molecular formula is C6H11FO6. The van der Waals surface area contributed by atoms with Gasteiger partial charge in [-0.05, 0) is 4.53 Å². The summed E-state index contributed by atoms with van der Waals surface area (Å²) in [6, 6.07) is 0. The topological polar surface area (TPSA) is 99.4 Å². The molecule has 1 aliphatic rings. The van der Waals surface area contributed by atoms with Crippen LogP contribution in [-0.4, -0.2) is 57.7 Å². The molecule has 1 aliphatic heterocycles. The van der Waals surface area contributed by atoms with E-state index in [1.54, 1.807) is 0 Å². The van der Waals surface area contributed by atoms with Gasteiger partial charge in [0.15, 0.2) is 6.10 Å². The number of aliphatic hydroxyl groups excluding tert-OH is 3. The van der Waals surface area contributed by atoms with Crippen molar-refractivity contribution in [3.8, 4) is 0 Å². The Balaban J connectivity index is 2.74. The summed E-state index contributed by atoms with van der Waals surface area (Å²) >= 11 is 0. The minimum atomic E-state index is -2.28. The van der Waals surface area contributed by atoms with Crippen LogP contribution in [0.25, 0.3) is 0 Å². The van der Waals surface area contributed by atoms with E-state index in [0.717, 1.165) is 0 Å². The van der Waals surface area contributed by atoms with Crippen molar-refractivity contribution in [1.29, 1.82) is 0 Å². The van der Waals surface area contributed by atoms with Crippen molar-refractivity contribution in [3.63, 3.8) is 0 Å². The van der Waals surface area contributed by atoms with Gasteiger partial charge in [-0.1, -0.05) is 0 Å². The zero-order valence-electron chi connectivity index (χ0n) is 6.63. The van der Waals surface area contributed by atoms with Gasteiger partial charge in [0.05, 0.1) is 13.2 Å². The van der Waals surface area contributed by atoms with Crippen molar-refractivity contribution in [1.82, 2.24) is 0 Å². The molecule has 0 spiro atoms. The maximum absolute atomic E-state index is 11.8. The molecule has 0 bridgehead atoms. The zero-order valence-corrected chi connectivity index (χ0v) is 6.63. The first kappa shape index (κ1) is 10.8. The fourth-order valence-electron chi connectivity index (χ4n) is 1.12. The van der Waals surface area contributed by atoms with E-state index in [0.29, 0.717) is 0 Å². The van der Waals surface area contributed by atoms with Crippen LogP contribution in [0.3, 0.4) is 0 Å². The van der Waals surface area contributed by atoms with E-state index in [2.05, 4.69) is 9.68 Å². The van der Waals surface area contributed by atoms with Gasteiger partial charge in [0, 0.05) is 0 Å². The number of rotatable bonds is 2. The van der Waals surface area contributed by atoms with Gasteiger partial charge in [-0.15, -0.1) is 0 Å². The first-order valence-electron chi connectivity index (χ1n) is 3.66. The van der Waals surface area contributed by atoms with Crippen LogP contribution < -0.4 is 0 Å². The van der Waals surface area contributed by atoms with Crippen LogP contribution in [0, 0.1) is 0 Å². The lowest BCUT2D eigenvalue weighted by Crippen LogP contribution is -2.62. The van der Waals surface area contributed by atoms with Crippen molar-refractivity contribution in [2.75, 3.05) is 13.2 Å². The van der Waals surface area contributed by atoms with Gasteiger partial charge >= 0.3 is 0 Å². The molecule has 7 heteroatoms. The molecule has 1 fully saturated rings. The summed E-state index contributed by atoms with van der Waals surface area (Å²) in [6.45, 7) is -1.34. The molecule has 1 heterocycles. The zero-order chi connectivity index (χ0) is 10.1. The highest BCUT2D eigenvalue weighted by Gasteiger charge is 2.50. The van der Waals surface area contributed by atoms with Crippen molar-refractivity contribution in [2.24, 2.45) is 0 Å². The van der Waals surface area contributed by atoms with Gasteiger partial charge in [0.2, 0.25) is 5.79 Å². The fraction of sp³-hybridized carbons (Fsp3) is 1.00. The van der Waals surface area contributed by atoms with Crippen LogP contribution in [0.15, 0.2) is 0 Å². The quantitative estimate of drug-likeness (QED) is 0.398. The molecule has 0 aromatic rings. The van der Waals surface area contributed by atoms with Crippen LogP contribution >= 0.6 is 0 Å². The summed E-state index contributed by atoms with van der Waals surface area (Å²) in [5.41, 5.74) is 0. The molecule has 1 unspecified atom stereocenters. The second kappa shape index (κ2) is 3.82. The molecule has 0 radical (unpaired) electrons. The van der Waals surface area contributed by atoms with E-state index in [1.165, 1.54) is 0 Å². The Kier molecular flexibility index (Phi) is 3.17. The Morgan fingerprint density at radius 1 is 1.54 bits per heavy atom. The van der Waals surface area contributed by atoms with Crippen molar-refractivity contribution >= 4 is 0 Å². The lowest BCUT2D eigenvalue weighted by Gasteiger charge is -2.40. The summed E-state index contributed by atoms with van der Waals surface area (Å²) in [5, 5.41) is 36.1. The number of aliphatic hydroxyl groups is 4. The van der Waals surface area contributed by atoms with Crippen molar-refractivity contribution < 1.29 is 34.6 Å². The smallest absolute Gasteiger partial charge is 0.218 e. The van der Waals surface area contributed by atoms with Gasteiger partial charge in [0.1, 0.15) is 12.2 Å². The van der Waals surface area contributed by atoms with E-state index in [-0.39, 0.29) is 0 Å². The summed E-state index contributed by atoms with van der Waals surface area (Å²) in [5.74, 6) is -2.28. The first-order chi connectivity index (χ1) is 6.05. The monoisotopic (exact) mass is 198 g/mol. The van der Waals surface area contributed by atoms with Gasteiger partial charge in [0.25, 0.3) is 0 Å². The Bertz CT molecular complexity index is 179. The largest absolute Gasteiger partial charge is 0.391 e. The molecule has 0 aromatic heterocycles. The molecule has 0 aliphatic carbocycles. The SMILES string of the molecule is OCC1(O)OC[C@@H](O)[C@H](OF)[C@@H]1O. The van der Waals surface area contributed by atoms with Crippen LogP contribution in [0.4, 0.5) is 4.53 Å². The molecular weight excluding hydrogens is 187 g/mol. The molecule has 4 atom stereocenters. The van der Waals surface area contributed by atoms with Gasteiger partial charge in [-0.2, -0.15) is 4.94 Å². The molecule has 78 valence electrons. The number of ether oxygens (including phenoxy) is 1. The molecule has 0 aromatic carbocycles. The van der Waals surface area contributed by atoms with Gasteiger partial charge in [-0.25, -0.2) is 0 Å². The van der Waals surface area contributed by atoms with Gasteiger partial charge < -0.3 is 25.2 Å². The van der Waals surface area contributed by atoms with Crippen molar-refractivity contribution in [2.45, 2.75) is 24.1 Å².